The average Bonchev–Trinajstić information content (AvgIpc) is 3.12. The van der Waals surface area contributed by atoms with E-state index in [-0.39, 0.29) is 0 Å². The smallest absolute Gasteiger partial charge is 0.307 e. The lowest BCUT2D eigenvalue weighted by Gasteiger charge is -2.04. The molecule has 0 radical (unpaired) electrons. The van der Waals surface area contributed by atoms with Crippen LogP contribution in [0.2, 0.25) is 0 Å². The van der Waals surface area contributed by atoms with Gasteiger partial charge in [-0.1, -0.05) is 0 Å². The van der Waals surface area contributed by atoms with Gasteiger partial charge in [0.1, 0.15) is 18.2 Å². The van der Waals surface area contributed by atoms with Crippen LogP contribution in [0.1, 0.15) is 0 Å². The van der Waals surface area contributed by atoms with Crippen molar-refractivity contribution in [3.8, 4) is 5.95 Å². The second-order valence-electron chi connectivity index (χ2n) is 5.19. The lowest BCUT2D eigenvalue weighted by Crippen LogP contribution is -2.37. The summed E-state index contributed by atoms with van der Waals surface area (Å²) < 4.78 is 5.68. The van der Waals surface area contributed by atoms with Crippen molar-refractivity contribution in [3.05, 3.63) is 39.7 Å². The summed E-state index contributed by atoms with van der Waals surface area (Å²) in [5, 5.41) is 0. The first kappa shape index (κ1) is 13.4. The molecule has 4 heterocycles. The minimum atomic E-state index is -0.426. The summed E-state index contributed by atoms with van der Waals surface area (Å²) in [6.45, 7) is 0. The molecule has 4 aromatic rings. The topological polar surface area (TPSA) is 105 Å². The van der Waals surface area contributed by atoms with E-state index >= 15 is 0 Å². The second kappa shape index (κ2) is 4.35. The molecule has 0 aliphatic carbocycles. The molecule has 116 valence electrons. The van der Waals surface area contributed by atoms with Crippen LogP contribution in [0.4, 0.5) is 0 Å². The molecule has 10 heteroatoms. The standard InChI is InChI=1S/C13H12N8O2/c1-18-8-10(19(2)13(23)20(3)11(8)22)17-12(18)21-6-16-7-4-14-5-15-9(7)21/h4-6H,1-3H3. The Morgan fingerprint density at radius 1 is 0.957 bits per heavy atom. The zero-order chi connectivity index (χ0) is 16.3. The zero-order valence-corrected chi connectivity index (χ0v) is 12.6. The molecule has 0 aromatic carbocycles. The van der Waals surface area contributed by atoms with Crippen LogP contribution in [0.25, 0.3) is 28.3 Å². The van der Waals surface area contributed by atoms with Gasteiger partial charge in [0.25, 0.3) is 5.56 Å². The lowest BCUT2D eigenvalue weighted by atomic mass is 10.5. The third kappa shape index (κ3) is 1.62. The summed E-state index contributed by atoms with van der Waals surface area (Å²) in [4.78, 5) is 41.2. The highest BCUT2D eigenvalue weighted by molar-refractivity contribution is 5.75. The van der Waals surface area contributed by atoms with Crippen LogP contribution in [0.15, 0.2) is 28.4 Å². The SMILES string of the molecule is Cn1c(=O)c2c(nc(-n3cnc4cncnc43)n2C)n(C)c1=O. The number of hydrogen-bond acceptors (Lipinski definition) is 6. The van der Waals surface area contributed by atoms with E-state index in [9.17, 15) is 9.59 Å². The summed E-state index contributed by atoms with van der Waals surface area (Å²) >= 11 is 0. The predicted octanol–water partition coefficient (Wildman–Crippen LogP) is -0.900. The van der Waals surface area contributed by atoms with Gasteiger partial charge in [-0.2, -0.15) is 4.98 Å². The van der Waals surface area contributed by atoms with Gasteiger partial charge in [-0.3, -0.25) is 18.5 Å². The zero-order valence-electron chi connectivity index (χ0n) is 12.6. The van der Waals surface area contributed by atoms with E-state index in [4.69, 9.17) is 0 Å². The van der Waals surface area contributed by atoms with E-state index in [1.807, 2.05) is 0 Å². The van der Waals surface area contributed by atoms with E-state index in [2.05, 4.69) is 19.9 Å². The van der Waals surface area contributed by atoms with Crippen LogP contribution >= 0.6 is 0 Å². The molecular weight excluding hydrogens is 300 g/mol. The molecule has 23 heavy (non-hydrogen) atoms. The van der Waals surface area contributed by atoms with Crippen LogP contribution in [-0.4, -0.2) is 38.2 Å². The number of nitrogens with zero attached hydrogens (tertiary/aromatic N) is 8. The van der Waals surface area contributed by atoms with Gasteiger partial charge in [0, 0.05) is 21.1 Å². The van der Waals surface area contributed by atoms with Gasteiger partial charge < -0.3 is 4.57 Å². The van der Waals surface area contributed by atoms with Crippen LogP contribution in [0.3, 0.4) is 0 Å². The molecule has 0 saturated heterocycles. The summed E-state index contributed by atoms with van der Waals surface area (Å²) in [6.07, 6.45) is 4.57. The molecule has 0 atom stereocenters. The minimum absolute atomic E-state index is 0.312. The summed E-state index contributed by atoms with van der Waals surface area (Å²) in [5.74, 6) is 0.444. The van der Waals surface area contributed by atoms with Crippen molar-refractivity contribution in [2.75, 3.05) is 0 Å². The lowest BCUT2D eigenvalue weighted by molar-refractivity contribution is 0.705. The fourth-order valence-electron chi connectivity index (χ4n) is 2.64. The Morgan fingerprint density at radius 2 is 1.74 bits per heavy atom. The Hall–Kier alpha value is -3.30. The summed E-state index contributed by atoms with van der Waals surface area (Å²) in [6, 6.07) is 0. The third-order valence-electron chi connectivity index (χ3n) is 3.88. The second-order valence-corrected chi connectivity index (χ2v) is 5.19. The maximum absolute atomic E-state index is 12.4. The van der Waals surface area contributed by atoms with Crippen molar-refractivity contribution in [2.45, 2.75) is 0 Å². The number of imidazole rings is 2. The van der Waals surface area contributed by atoms with Crippen LogP contribution in [-0.2, 0) is 21.1 Å². The molecular formula is C13H12N8O2. The molecule has 0 fully saturated rings. The predicted molar refractivity (Wildman–Crippen MR) is 81.4 cm³/mol. The molecule has 4 rings (SSSR count). The number of hydrogen-bond donors (Lipinski definition) is 0. The number of aromatic nitrogens is 8. The van der Waals surface area contributed by atoms with E-state index in [0.29, 0.717) is 28.3 Å². The number of aryl methyl sites for hydroxylation is 2. The largest absolute Gasteiger partial charge is 0.332 e. The molecule has 0 N–H and O–H groups in total. The van der Waals surface area contributed by atoms with Crippen molar-refractivity contribution >= 4 is 22.3 Å². The highest BCUT2D eigenvalue weighted by Crippen LogP contribution is 2.17. The quantitative estimate of drug-likeness (QED) is 0.451. The molecule has 0 aliphatic heterocycles. The van der Waals surface area contributed by atoms with Gasteiger partial charge in [-0.15, -0.1) is 0 Å². The summed E-state index contributed by atoms with van der Waals surface area (Å²) in [5.41, 5.74) is 1.00. The van der Waals surface area contributed by atoms with Crippen molar-refractivity contribution in [3.63, 3.8) is 0 Å². The van der Waals surface area contributed by atoms with Gasteiger partial charge in [0.2, 0.25) is 5.95 Å². The molecule has 10 nitrogen and oxygen atoms in total. The molecule has 0 amide bonds. The van der Waals surface area contributed by atoms with Crippen molar-refractivity contribution in [1.82, 2.24) is 38.2 Å². The first-order chi connectivity index (χ1) is 11.0. The Bertz CT molecular complexity index is 1190. The first-order valence-corrected chi connectivity index (χ1v) is 6.76. The Morgan fingerprint density at radius 3 is 2.52 bits per heavy atom. The van der Waals surface area contributed by atoms with E-state index in [1.54, 1.807) is 35.8 Å². The van der Waals surface area contributed by atoms with Gasteiger partial charge in [-0.25, -0.2) is 19.7 Å². The van der Waals surface area contributed by atoms with Crippen LogP contribution < -0.4 is 11.2 Å². The van der Waals surface area contributed by atoms with Gasteiger partial charge in [0.15, 0.2) is 16.8 Å². The number of fused-ring (bicyclic) bond motifs is 2. The molecule has 4 aromatic heterocycles. The van der Waals surface area contributed by atoms with E-state index in [1.165, 1.54) is 17.9 Å². The Balaban J connectivity index is 2.16. The van der Waals surface area contributed by atoms with Gasteiger partial charge in [-0.05, 0) is 0 Å². The maximum Gasteiger partial charge on any atom is 0.332 e. The molecule has 0 saturated carbocycles. The molecule has 0 spiro atoms. The summed E-state index contributed by atoms with van der Waals surface area (Å²) in [7, 11) is 4.73. The fraction of sp³-hybridized carbons (Fsp3) is 0.231. The Kier molecular flexibility index (Phi) is 2.53. The van der Waals surface area contributed by atoms with Crippen molar-refractivity contribution < 1.29 is 0 Å². The molecule has 0 unspecified atom stereocenters. The monoisotopic (exact) mass is 312 g/mol. The van der Waals surface area contributed by atoms with Gasteiger partial charge >= 0.3 is 5.69 Å². The van der Waals surface area contributed by atoms with Crippen molar-refractivity contribution in [2.24, 2.45) is 21.1 Å². The van der Waals surface area contributed by atoms with E-state index < -0.39 is 11.2 Å². The maximum atomic E-state index is 12.4. The van der Waals surface area contributed by atoms with E-state index in [0.717, 1.165) is 4.57 Å². The van der Waals surface area contributed by atoms with Crippen molar-refractivity contribution in [1.29, 1.82) is 0 Å². The fourth-order valence-corrected chi connectivity index (χ4v) is 2.64. The number of rotatable bonds is 1. The average molecular weight is 312 g/mol. The van der Waals surface area contributed by atoms with Crippen LogP contribution in [0, 0.1) is 0 Å². The Labute approximate surface area is 128 Å². The van der Waals surface area contributed by atoms with Crippen LogP contribution in [0.5, 0.6) is 0 Å². The highest BCUT2D eigenvalue weighted by atomic mass is 16.2. The molecule has 0 bridgehead atoms. The third-order valence-corrected chi connectivity index (χ3v) is 3.88. The minimum Gasteiger partial charge on any atom is -0.307 e. The highest BCUT2D eigenvalue weighted by Gasteiger charge is 2.19. The first-order valence-electron chi connectivity index (χ1n) is 6.76. The molecule has 0 aliphatic rings. The van der Waals surface area contributed by atoms with Gasteiger partial charge in [0.05, 0.1) is 6.20 Å². The normalized spacial score (nSPS) is 11.6.